The lowest BCUT2D eigenvalue weighted by molar-refractivity contribution is 0.280. The van der Waals surface area contributed by atoms with E-state index >= 15 is 0 Å². The van der Waals surface area contributed by atoms with Crippen LogP contribution in [0, 0.1) is 0 Å². The monoisotopic (exact) mass is 251 g/mol. The number of aryl methyl sites for hydroxylation is 1. The number of thioether (sulfide) groups is 1. The maximum atomic E-state index is 8.92. The van der Waals surface area contributed by atoms with Crippen molar-refractivity contribution in [3.05, 3.63) is 23.8 Å². The number of rotatable bonds is 4. The van der Waals surface area contributed by atoms with Gasteiger partial charge in [-0.25, -0.2) is 0 Å². The molecule has 0 aliphatic carbocycles. The second-order valence-corrected chi connectivity index (χ2v) is 5.66. The van der Waals surface area contributed by atoms with Gasteiger partial charge in [0.15, 0.2) is 0 Å². The number of aliphatic hydroxyl groups excluding tert-OH is 1. The number of nitrogens with zero attached hydrogens (tertiary/aromatic N) is 1. The Morgan fingerprint density at radius 3 is 3.00 bits per heavy atom. The third kappa shape index (κ3) is 2.78. The van der Waals surface area contributed by atoms with Gasteiger partial charge < -0.3 is 10.0 Å². The van der Waals surface area contributed by atoms with Crippen LogP contribution >= 0.6 is 11.8 Å². The van der Waals surface area contributed by atoms with Crippen LogP contribution in [0.1, 0.15) is 25.3 Å². The predicted molar refractivity (Wildman–Crippen MR) is 75.1 cm³/mol. The highest BCUT2D eigenvalue weighted by Gasteiger charge is 2.23. The van der Waals surface area contributed by atoms with Crippen molar-refractivity contribution in [1.29, 1.82) is 0 Å². The molecule has 1 aliphatic heterocycles. The number of hydrogen-bond donors (Lipinski definition) is 1. The molecule has 1 aromatic rings. The van der Waals surface area contributed by atoms with Crippen LogP contribution in [0.25, 0.3) is 0 Å². The molecule has 2 nitrogen and oxygen atoms in total. The van der Waals surface area contributed by atoms with Crippen LogP contribution in [-0.4, -0.2) is 30.6 Å². The van der Waals surface area contributed by atoms with E-state index in [4.69, 9.17) is 5.11 Å². The van der Waals surface area contributed by atoms with Crippen molar-refractivity contribution in [3.63, 3.8) is 0 Å². The lowest BCUT2D eigenvalue weighted by Crippen LogP contribution is -2.36. The van der Waals surface area contributed by atoms with E-state index in [-0.39, 0.29) is 0 Å². The quantitative estimate of drug-likeness (QED) is 0.890. The van der Waals surface area contributed by atoms with Gasteiger partial charge in [0.2, 0.25) is 0 Å². The number of anilines is 1. The average molecular weight is 251 g/mol. The van der Waals surface area contributed by atoms with Gasteiger partial charge in [-0.15, -0.1) is 11.8 Å². The van der Waals surface area contributed by atoms with Crippen molar-refractivity contribution < 1.29 is 5.11 Å². The summed E-state index contributed by atoms with van der Waals surface area (Å²) in [5.41, 5.74) is 2.76. The van der Waals surface area contributed by atoms with E-state index in [9.17, 15) is 0 Å². The molecule has 0 aromatic heterocycles. The zero-order valence-corrected chi connectivity index (χ0v) is 11.5. The Morgan fingerprint density at radius 1 is 1.47 bits per heavy atom. The summed E-state index contributed by atoms with van der Waals surface area (Å²) in [6.45, 7) is 2.50. The summed E-state index contributed by atoms with van der Waals surface area (Å²) < 4.78 is 0. The molecule has 1 aliphatic rings. The minimum absolute atomic E-state index is 0.302. The van der Waals surface area contributed by atoms with Gasteiger partial charge in [0.1, 0.15) is 0 Å². The molecule has 0 bridgehead atoms. The first-order valence-corrected chi connectivity index (χ1v) is 7.34. The van der Waals surface area contributed by atoms with Crippen LogP contribution < -0.4 is 4.90 Å². The van der Waals surface area contributed by atoms with Crippen molar-refractivity contribution in [1.82, 2.24) is 0 Å². The molecule has 1 atom stereocenters. The molecule has 0 amide bonds. The van der Waals surface area contributed by atoms with Crippen LogP contribution in [0.2, 0.25) is 0 Å². The smallest absolute Gasteiger partial charge is 0.0504 e. The van der Waals surface area contributed by atoms with E-state index in [1.165, 1.54) is 16.1 Å². The fourth-order valence-corrected chi connectivity index (χ4v) is 3.64. The Labute approximate surface area is 108 Å². The van der Waals surface area contributed by atoms with Crippen molar-refractivity contribution in [2.24, 2.45) is 0 Å². The molecule has 2 rings (SSSR count). The minimum atomic E-state index is 0.302. The molecular formula is C14H21NOS. The molecule has 1 unspecified atom stereocenters. The summed E-state index contributed by atoms with van der Waals surface area (Å²) in [7, 11) is 2.17. The second-order valence-electron chi connectivity index (χ2n) is 4.60. The van der Waals surface area contributed by atoms with Crippen molar-refractivity contribution >= 4 is 17.4 Å². The van der Waals surface area contributed by atoms with Gasteiger partial charge in [-0.05, 0) is 37.0 Å². The summed E-state index contributed by atoms with van der Waals surface area (Å²) in [5, 5.41) is 8.92. The van der Waals surface area contributed by atoms with Crippen LogP contribution in [0.3, 0.4) is 0 Å². The van der Waals surface area contributed by atoms with Gasteiger partial charge in [0.25, 0.3) is 0 Å². The Balaban J connectivity index is 2.15. The van der Waals surface area contributed by atoms with Gasteiger partial charge in [0.05, 0.1) is 5.69 Å². The lowest BCUT2D eigenvalue weighted by atomic mass is 10.1. The second kappa shape index (κ2) is 5.78. The maximum absolute atomic E-state index is 8.92. The topological polar surface area (TPSA) is 23.5 Å². The third-order valence-electron chi connectivity index (χ3n) is 3.49. The highest BCUT2D eigenvalue weighted by atomic mass is 32.2. The lowest BCUT2D eigenvalue weighted by Gasteiger charge is -2.35. The molecule has 0 saturated carbocycles. The van der Waals surface area contributed by atoms with Crippen molar-refractivity contribution in [2.45, 2.75) is 37.1 Å². The van der Waals surface area contributed by atoms with Crippen LogP contribution in [0.15, 0.2) is 23.1 Å². The van der Waals surface area contributed by atoms with E-state index in [0.717, 1.165) is 25.0 Å². The number of benzene rings is 1. The highest BCUT2D eigenvalue weighted by Crippen LogP contribution is 2.38. The molecule has 94 valence electrons. The molecule has 0 radical (unpaired) electrons. The Kier molecular flexibility index (Phi) is 4.35. The molecule has 0 saturated heterocycles. The highest BCUT2D eigenvalue weighted by molar-refractivity contribution is 7.99. The van der Waals surface area contributed by atoms with Crippen LogP contribution in [0.5, 0.6) is 0 Å². The fraction of sp³-hybridized carbons (Fsp3) is 0.571. The normalized spacial score (nSPS) is 19.2. The molecule has 0 fully saturated rings. The first-order chi connectivity index (χ1) is 8.26. The molecule has 1 heterocycles. The first-order valence-electron chi connectivity index (χ1n) is 6.35. The SMILES string of the molecule is CCc1ccc2c(c1)SCC(CCCO)N2C. The maximum Gasteiger partial charge on any atom is 0.0504 e. The van der Waals surface area contributed by atoms with Gasteiger partial charge in [-0.3, -0.25) is 0 Å². The first kappa shape index (κ1) is 12.8. The minimum Gasteiger partial charge on any atom is -0.396 e. The molecular weight excluding hydrogens is 230 g/mol. The number of aliphatic hydroxyl groups is 1. The van der Waals surface area contributed by atoms with E-state index in [0.29, 0.717) is 12.6 Å². The molecule has 1 N–H and O–H groups in total. The van der Waals surface area contributed by atoms with E-state index in [2.05, 4.69) is 37.1 Å². The summed E-state index contributed by atoms with van der Waals surface area (Å²) >= 11 is 1.96. The van der Waals surface area contributed by atoms with E-state index in [1.807, 2.05) is 11.8 Å². The summed E-state index contributed by atoms with van der Waals surface area (Å²) in [6.07, 6.45) is 3.08. The largest absolute Gasteiger partial charge is 0.396 e. The summed E-state index contributed by atoms with van der Waals surface area (Å²) in [6, 6.07) is 7.35. The third-order valence-corrected chi connectivity index (χ3v) is 4.68. The van der Waals surface area contributed by atoms with Crippen molar-refractivity contribution in [2.75, 3.05) is 24.3 Å². The molecule has 3 heteroatoms. The van der Waals surface area contributed by atoms with Crippen LogP contribution in [-0.2, 0) is 6.42 Å². The average Bonchev–Trinajstić information content (AvgIpc) is 2.37. The fourth-order valence-electron chi connectivity index (χ4n) is 2.28. The standard InChI is InChI=1S/C14H21NOS/c1-3-11-6-7-13-14(9-11)17-10-12(15(13)2)5-4-8-16/h6-7,9,12,16H,3-5,8,10H2,1-2H3. The zero-order chi connectivity index (χ0) is 12.3. The molecule has 0 spiro atoms. The molecule has 17 heavy (non-hydrogen) atoms. The predicted octanol–water partition coefficient (Wildman–Crippen LogP) is 2.93. The van der Waals surface area contributed by atoms with Gasteiger partial charge in [-0.2, -0.15) is 0 Å². The summed E-state index contributed by atoms with van der Waals surface area (Å²) in [5.74, 6) is 1.14. The van der Waals surface area contributed by atoms with Crippen molar-refractivity contribution in [3.8, 4) is 0 Å². The molecule has 1 aromatic carbocycles. The Hall–Kier alpha value is -0.670. The number of fused-ring (bicyclic) bond motifs is 1. The van der Waals surface area contributed by atoms with E-state index in [1.54, 1.807) is 0 Å². The Bertz CT molecular complexity index is 380. The van der Waals surface area contributed by atoms with Crippen LogP contribution in [0.4, 0.5) is 5.69 Å². The van der Waals surface area contributed by atoms with E-state index < -0.39 is 0 Å². The number of hydrogen-bond acceptors (Lipinski definition) is 3. The van der Waals surface area contributed by atoms with Gasteiger partial charge in [-0.1, -0.05) is 13.0 Å². The summed E-state index contributed by atoms with van der Waals surface area (Å²) in [4.78, 5) is 3.79. The van der Waals surface area contributed by atoms with Gasteiger partial charge >= 0.3 is 0 Å². The van der Waals surface area contributed by atoms with Gasteiger partial charge in [0, 0.05) is 30.3 Å². The zero-order valence-electron chi connectivity index (χ0n) is 10.6. The Morgan fingerprint density at radius 2 is 2.29 bits per heavy atom.